The predicted octanol–water partition coefficient (Wildman–Crippen LogP) is 1.64. The second-order valence-electron chi connectivity index (χ2n) is 5.75. The number of nitrogens with zero attached hydrogens (tertiary/aromatic N) is 2. The van der Waals surface area contributed by atoms with Crippen molar-refractivity contribution in [3.05, 3.63) is 35.5 Å². The summed E-state index contributed by atoms with van der Waals surface area (Å²) in [6.45, 7) is 0.0593. The van der Waals surface area contributed by atoms with Crippen LogP contribution in [0.2, 0.25) is 0 Å². The van der Waals surface area contributed by atoms with Crippen molar-refractivity contribution in [1.82, 2.24) is 9.78 Å². The first-order valence-electron chi connectivity index (χ1n) is 7.36. The molecular weight excluding hydrogens is 343 g/mol. The monoisotopic (exact) mass is 354 g/mol. The van der Waals surface area contributed by atoms with Crippen molar-refractivity contribution in [3.8, 4) is 11.5 Å². The minimum Gasteiger partial charge on any atom is -0.543 e. The van der Waals surface area contributed by atoms with Crippen molar-refractivity contribution in [1.29, 1.82) is 0 Å². The van der Waals surface area contributed by atoms with Crippen LogP contribution in [0.4, 0.5) is 19.0 Å². The van der Waals surface area contributed by atoms with Crippen LogP contribution in [-0.4, -0.2) is 28.7 Å². The average Bonchev–Trinajstić information content (AvgIpc) is 3.18. The fourth-order valence-corrected chi connectivity index (χ4v) is 3.02. The Morgan fingerprint density at radius 3 is 2.76 bits per heavy atom. The van der Waals surface area contributed by atoms with Gasteiger partial charge in [0.1, 0.15) is 11.5 Å². The number of halogens is 3. The Balaban J connectivity index is 1.73. The summed E-state index contributed by atoms with van der Waals surface area (Å²) in [5, 5.41) is 17.3. The molecule has 2 aliphatic heterocycles. The van der Waals surface area contributed by atoms with Crippen molar-refractivity contribution in [2.24, 2.45) is 0 Å². The topological polar surface area (TPSA) is 88.4 Å². The van der Waals surface area contributed by atoms with Crippen LogP contribution < -0.4 is 19.9 Å². The molecule has 0 saturated heterocycles. The number of hydrogen-bond donors (Lipinski definition) is 1. The molecule has 0 bridgehead atoms. The summed E-state index contributed by atoms with van der Waals surface area (Å²) < 4.78 is 51.4. The van der Waals surface area contributed by atoms with Gasteiger partial charge in [0.15, 0.2) is 17.5 Å². The van der Waals surface area contributed by atoms with Gasteiger partial charge in [0.05, 0.1) is 12.0 Å². The average molecular weight is 354 g/mol. The first-order valence-corrected chi connectivity index (χ1v) is 7.36. The summed E-state index contributed by atoms with van der Waals surface area (Å²) >= 11 is 0. The molecule has 25 heavy (non-hydrogen) atoms. The van der Waals surface area contributed by atoms with Gasteiger partial charge in [0, 0.05) is 12.5 Å². The smallest absolute Gasteiger partial charge is 0.410 e. The van der Waals surface area contributed by atoms with Gasteiger partial charge in [-0.15, -0.1) is 0 Å². The lowest BCUT2D eigenvalue weighted by molar-refractivity contribution is -0.255. The van der Waals surface area contributed by atoms with E-state index in [1.165, 1.54) is 0 Å². The van der Waals surface area contributed by atoms with Crippen LogP contribution in [-0.2, 0) is 0 Å². The minimum absolute atomic E-state index is 0.0320. The van der Waals surface area contributed by atoms with Gasteiger partial charge in [-0.3, -0.25) is 0 Å². The Labute approximate surface area is 139 Å². The van der Waals surface area contributed by atoms with Gasteiger partial charge in [-0.1, -0.05) is 6.07 Å². The Bertz CT molecular complexity index is 849. The van der Waals surface area contributed by atoms with Gasteiger partial charge in [-0.2, -0.15) is 18.3 Å². The number of alkyl halides is 3. The maximum atomic E-state index is 13.4. The van der Waals surface area contributed by atoms with Crippen LogP contribution in [0.1, 0.15) is 34.6 Å². The number of nitrogens with one attached hydrogen (secondary N) is 1. The third-order valence-corrected chi connectivity index (χ3v) is 4.20. The van der Waals surface area contributed by atoms with E-state index in [0.29, 0.717) is 21.7 Å². The molecule has 10 heteroatoms. The molecule has 0 fully saturated rings. The molecule has 1 N–H and O–H groups in total. The molecule has 0 spiro atoms. The summed E-state index contributed by atoms with van der Waals surface area (Å²) in [4.78, 5) is 10.9. The van der Waals surface area contributed by atoms with Gasteiger partial charge in [-0.05, 0) is 17.7 Å². The molecule has 4 rings (SSSR count). The highest BCUT2D eigenvalue weighted by molar-refractivity contribution is 5.84. The lowest BCUT2D eigenvalue weighted by Crippen LogP contribution is -2.35. The molecule has 0 amide bonds. The van der Waals surface area contributed by atoms with E-state index in [0.717, 1.165) is 6.07 Å². The number of carbonyl (C=O) groups is 1. The number of carboxylic acids is 1. The number of carboxylic acid groups (broad SMARTS) is 1. The van der Waals surface area contributed by atoms with Gasteiger partial charge in [0.25, 0.3) is 0 Å². The number of ether oxygens (including phenoxy) is 2. The fraction of sp³-hybridized carbons (Fsp3) is 0.333. The summed E-state index contributed by atoms with van der Waals surface area (Å²) in [5.74, 6) is -0.687. The Morgan fingerprint density at radius 1 is 1.28 bits per heavy atom. The standard InChI is InChI=1S/C15H12F3N3O4/c16-15(17,18)12-4-8(7-1-2-10-11(3-7)25-6-24-10)19-13-5-9(14(22)23)20-21(12)13/h1-3,5,8,12,19H,4,6H2,(H,22,23)/p-1/t8-,12-/m1/s1. The van der Waals surface area contributed by atoms with Crippen LogP contribution in [0, 0.1) is 0 Å². The zero-order valence-electron chi connectivity index (χ0n) is 12.5. The second-order valence-corrected chi connectivity index (χ2v) is 5.75. The molecule has 0 unspecified atom stereocenters. The van der Waals surface area contributed by atoms with Crippen LogP contribution in [0.3, 0.4) is 0 Å². The highest BCUT2D eigenvalue weighted by Gasteiger charge is 2.46. The lowest BCUT2D eigenvalue weighted by Gasteiger charge is -2.33. The molecule has 0 aliphatic carbocycles. The Morgan fingerprint density at radius 2 is 2.04 bits per heavy atom. The van der Waals surface area contributed by atoms with E-state index >= 15 is 0 Å². The van der Waals surface area contributed by atoms with Crippen molar-refractivity contribution >= 4 is 11.8 Å². The number of rotatable bonds is 2. The number of hydrogen-bond acceptors (Lipinski definition) is 6. The predicted molar refractivity (Wildman–Crippen MR) is 75.2 cm³/mol. The quantitative estimate of drug-likeness (QED) is 0.882. The van der Waals surface area contributed by atoms with E-state index in [1.807, 2.05) is 0 Å². The number of aromatic carboxylic acids is 1. The van der Waals surface area contributed by atoms with Crippen LogP contribution in [0.5, 0.6) is 11.5 Å². The van der Waals surface area contributed by atoms with E-state index in [2.05, 4.69) is 10.4 Å². The molecule has 7 nitrogen and oxygen atoms in total. The number of fused-ring (bicyclic) bond motifs is 2. The summed E-state index contributed by atoms with van der Waals surface area (Å²) in [7, 11) is 0. The normalized spacial score (nSPS) is 21.6. The molecule has 1 aromatic heterocycles. The van der Waals surface area contributed by atoms with E-state index in [-0.39, 0.29) is 19.0 Å². The van der Waals surface area contributed by atoms with E-state index < -0.39 is 29.9 Å². The number of aromatic nitrogens is 2. The lowest BCUT2D eigenvalue weighted by atomic mass is 9.96. The number of anilines is 1. The molecule has 3 heterocycles. The first-order chi connectivity index (χ1) is 11.8. The largest absolute Gasteiger partial charge is 0.543 e. The molecule has 2 aromatic rings. The van der Waals surface area contributed by atoms with Gasteiger partial charge in [0.2, 0.25) is 6.79 Å². The van der Waals surface area contributed by atoms with Gasteiger partial charge < -0.3 is 24.7 Å². The van der Waals surface area contributed by atoms with E-state index in [4.69, 9.17) is 9.47 Å². The maximum absolute atomic E-state index is 13.4. The molecular formula is C15H11F3N3O4-. The third-order valence-electron chi connectivity index (χ3n) is 4.20. The number of carbonyl (C=O) groups excluding carboxylic acids is 1. The number of benzene rings is 1. The van der Waals surface area contributed by atoms with Crippen molar-refractivity contribution in [2.45, 2.75) is 24.7 Å². The van der Waals surface area contributed by atoms with Crippen molar-refractivity contribution in [3.63, 3.8) is 0 Å². The third kappa shape index (κ3) is 2.63. The summed E-state index contributed by atoms with van der Waals surface area (Å²) in [5.41, 5.74) is 0.0176. The molecule has 2 atom stereocenters. The maximum Gasteiger partial charge on any atom is 0.410 e. The molecule has 132 valence electrons. The molecule has 2 aliphatic rings. The highest BCUT2D eigenvalue weighted by atomic mass is 19.4. The molecule has 0 saturated carbocycles. The highest BCUT2D eigenvalue weighted by Crippen LogP contribution is 2.45. The van der Waals surface area contributed by atoms with Crippen LogP contribution in [0.15, 0.2) is 24.3 Å². The Kier molecular flexibility index (Phi) is 3.31. The Hall–Kier alpha value is -2.91. The summed E-state index contributed by atoms with van der Waals surface area (Å²) in [6.07, 6.45) is -4.93. The van der Waals surface area contributed by atoms with Crippen molar-refractivity contribution < 1.29 is 32.5 Å². The zero-order valence-corrected chi connectivity index (χ0v) is 12.5. The second kappa shape index (κ2) is 5.30. The van der Waals surface area contributed by atoms with Crippen LogP contribution in [0.25, 0.3) is 0 Å². The van der Waals surface area contributed by atoms with E-state index in [9.17, 15) is 23.1 Å². The first kappa shape index (κ1) is 15.6. The zero-order chi connectivity index (χ0) is 17.8. The molecule has 0 radical (unpaired) electrons. The van der Waals surface area contributed by atoms with Crippen LogP contribution >= 0.6 is 0 Å². The van der Waals surface area contributed by atoms with E-state index in [1.54, 1.807) is 18.2 Å². The molecule has 1 aromatic carbocycles. The fourth-order valence-electron chi connectivity index (χ4n) is 3.02. The van der Waals surface area contributed by atoms with Gasteiger partial charge in [-0.25, -0.2) is 4.68 Å². The minimum atomic E-state index is -4.58. The van der Waals surface area contributed by atoms with Gasteiger partial charge >= 0.3 is 6.18 Å². The summed E-state index contributed by atoms with van der Waals surface area (Å²) in [6, 6.07) is 3.27. The van der Waals surface area contributed by atoms with Crippen molar-refractivity contribution in [2.75, 3.05) is 12.1 Å². The SMILES string of the molecule is O=C([O-])c1cc2n(n1)[C@@H](C(F)(F)F)C[C@H](c1ccc3c(c1)OCO3)N2.